The van der Waals surface area contributed by atoms with E-state index >= 15 is 0 Å². The van der Waals surface area contributed by atoms with E-state index in [0.29, 0.717) is 19.1 Å². The first-order valence-corrected chi connectivity index (χ1v) is 6.06. The molecule has 0 aliphatic heterocycles. The molecule has 0 rings (SSSR count). The van der Waals surface area contributed by atoms with Crippen LogP contribution >= 0.6 is 0 Å². The van der Waals surface area contributed by atoms with Crippen molar-refractivity contribution in [3.63, 3.8) is 0 Å². The number of rotatable bonds is 9. The van der Waals surface area contributed by atoms with Crippen LogP contribution in [0, 0.1) is 0 Å². The molecular weight excluding hydrogens is 220 g/mol. The Morgan fingerprint density at radius 3 is 2.41 bits per heavy atom. The first-order valence-electron chi connectivity index (χ1n) is 6.06. The van der Waals surface area contributed by atoms with Gasteiger partial charge >= 0.3 is 5.97 Å². The first kappa shape index (κ1) is 16.4. The van der Waals surface area contributed by atoms with Gasteiger partial charge in [0.2, 0.25) is 0 Å². The van der Waals surface area contributed by atoms with Crippen LogP contribution in [0.3, 0.4) is 0 Å². The number of aliphatic carboxylic acids is 1. The molecule has 0 heterocycles. The second kappa shape index (κ2) is 8.44. The number of carbonyl (C=O) groups is 1. The summed E-state index contributed by atoms with van der Waals surface area (Å²) in [6, 6.07) is -0.00139. The van der Waals surface area contributed by atoms with E-state index in [0.717, 1.165) is 6.54 Å². The Kier molecular flexibility index (Phi) is 8.12. The van der Waals surface area contributed by atoms with Crippen molar-refractivity contribution in [2.24, 2.45) is 0 Å². The molecule has 5 nitrogen and oxygen atoms in total. The lowest BCUT2D eigenvalue weighted by atomic mass is 10.1. The summed E-state index contributed by atoms with van der Waals surface area (Å²) in [4.78, 5) is 13.1. The third kappa shape index (κ3) is 7.31. The molecule has 0 aliphatic carbocycles. The fourth-order valence-corrected chi connectivity index (χ4v) is 1.60. The topological polar surface area (TPSA) is 61.8 Å². The van der Waals surface area contributed by atoms with Crippen molar-refractivity contribution in [2.75, 3.05) is 27.3 Å². The van der Waals surface area contributed by atoms with E-state index in [-0.39, 0.29) is 6.04 Å². The van der Waals surface area contributed by atoms with Gasteiger partial charge in [-0.2, -0.15) is 0 Å². The van der Waals surface area contributed by atoms with Gasteiger partial charge in [0, 0.05) is 25.7 Å². The Labute approximate surface area is 104 Å². The zero-order chi connectivity index (χ0) is 13.4. The van der Waals surface area contributed by atoms with E-state index < -0.39 is 12.0 Å². The van der Waals surface area contributed by atoms with E-state index in [4.69, 9.17) is 9.84 Å². The van der Waals surface area contributed by atoms with Crippen LogP contribution in [-0.2, 0) is 9.53 Å². The van der Waals surface area contributed by atoms with Crippen LogP contribution in [0.25, 0.3) is 0 Å². The molecule has 2 N–H and O–H groups in total. The zero-order valence-electron chi connectivity index (χ0n) is 11.6. The highest BCUT2D eigenvalue weighted by atomic mass is 16.5. The molecule has 2 unspecified atom stereocenters. The number of hydrogen-bond acceptors (Lipinski definition) is 4. The number of carboxylic acid groups (broad SMARTS) is 1. The maximum absolute atomic E-state index is 11.0. The molecule has 5 heteroatoms. The van der Waals surface area contributed by atoms with E-state index in [1.807, 2.05) is 20.9 Å². The minimum atomic E-state index is -0.786. The van der Waals surface area contributed by atoms with Crippen molar-refractivity contribution in [3.8, 4) is 0 Å². The van der Waals surface area contributed by atoms with Crippen LogP contribution in [-0.4, -0.2) is 61.4 Å². The predicted molar refractivity (Wildman–Crippen MR) is 68.3 cm³/mol. The molecule has 0 saturated carbocycles. The summed E-state index contributed by atoms with van der Waals surface area (Å²) in [7, 11) is 3.66. The van der Waals surface area contributed by atoms with Crippen molar-refractivity contribution in [1.29, 1.82) is 0 Å². The lowest BCUT2D eigenvalue weighted by Crippen LogP contribution is -2.44. The van der Waals surface area contributed by atoms with Crippen LogP contribution in [0.4, 0.5) is 0 Å². The van der Waals surface area contributed by atoms with Gasteiger partial charge in [-0.1, -0.05) is 13.8 Å². The molecule has 0 spiro atoms. The van der Waals surface area contributed by atoms with E-state index in [2.05, 4.69) is 17.1 Å². The molecule has 0 amide bonds. The molecule has 0 radical (unpaired) electrons. The van der Waals surface area contributed by atoms with Gasteiger partial charge in [0.25, 0.3) is 0 Å². The van der Waals surface area contributed by atoms with Crippen LogP contribution in [0.2, 0.25) is 0 Å². The SMILES string of the molecule is COCC(C)N(C)CCC(NC(C)C)C(=O)O. The van der Waals surface area contributed by atoms with Crippen molar-refractivity contribution < 1.29 is 14.6 Å². The van der Waals surface area contributed by atoms with Gasteiger partial charge in [0.15, 0.2) is 0 Å². The van der Waals surface area contributed by atoms with Gasteiger partial charge in [0.05, 0.1) is 6.61 Å². The predicted octanol–water partition coefficient (Wildman–Crippen LogP) is 0.794. The summed E-state index contributed by atoms with van der Waals surface area (Å²) >= 11 is 0. The number of methoxy groups -OCH3 is 1. The number of nitrogens with zero attached hydrogens (tertiary/aromatic N) is 1. The quantitative estimate of drug-likeness (QED) is 0.630. The highest BCUT2D eigenvalue weighted by Gasteiger charge is 2.19. The van der Waals surface area contributed by atoms with Crippen LogP contribution in [0.15, 0.2) is 0 Å². The maximum Gasteiger partial charge on any atom is 0.320 e. The van der Waals surface area contributed by atoms with E-state index in [9.17, 15) is 4.79 Å². The largest absolute Gasteiger partial charge is 0.480 e. The first-order chi connectivity index (χ1) is 7.88. The lowest BCUT2D eigenvalue weighted by molar-refractivity contribution is -0.140. The summed E-state index contributed by atoms with van der Waals surface area (Å²) in [6.07, 6.45) is 0.595. The Hall–Kier alpha value is -0.650. The average Bonchev–Trinajstić information content (AvgIpc) is 2.23. The summed E-state index contributed by atoms with van der Waals surface area (Å²) in [5.41, 5.74) is 0. The second-order valence-corrected chi connectivity index (χ2v) is 4.79. The fourth-order valence-electron chi connectivity index (χ4n) is 1.60. The van der Waals surface area contributed by atoms with Gasteiger partial charge in [-0.05, 0) is 20.4 Å². The molecule has 102 valence electrons. The lowest BCUT2D eigenvalue weighted by Gasteiger charge is -2.26. The summed E-state index contributed by atoms with van der Waals surface area (Å²) < 4.78 is 5.07. The standard InChI is InChI=1S/C12H26N2O3/c1-9(2)13-11(12(15)16)6-7-14(4)10(3)8-17-5/h9-11,13H,6-8H2,1-5H3,(H,15,16). The smallest absolute Gasteiger partial charge is 0.320 e. The summed E-state index contributed by atoms with van der Waals surface area (Å²) in [6.45, 7) is 7.36. The van der Waals surface area contributed by atoms with Crippen LogP contribution in [0.1, 0.15) is 27.2 Å². The molecule has 0 aliphatic rings. The minimum absolute atomic E-state index is 0.179. The van der Waals surface area contributed by atoms with Crippen molar-refractivity contribution in [1.82, 2.24) is 10.2 Å². The Bertz CT molecular complexity index is 222. The van der Waals surface area contributed by atoms with Gasteiger partial charge in [-0.15, -0.1) is 0 Å². The van der Waals surface area contributed by atoms with E-state index in [1.54, 1.807) is 7.11 Å². The number of ether oxygens (including phenoxy) is 1. The Morgan fingerprint density at radius 2 is 2.00 bits per heavy atom. The average molecular weight is 246 g/mol. The van der Waals surface area contributed by atoms with Crippen LogP contribution in [0.5, 0.6) is 0 Å². The van der Waals surface area contributed by atoms with Crippen molar-refractivity contribution in [3.05, 3.63) is 0 Å². The third-order valence-electron chi connectivity index (χ3n) is 2.76. The second-order valence-electron chi connectivity index (χ2n) is 4.79. The molecule has 17 heavy (non-hydrogen) atoms. The molecule has 2 atom stereocenters. The highest BCUT2D eigenvalue weighted by Crippen LogP contribution is 2.01. The van der Waals surface area contributed by atoms with E-state index in [1.165, 1.54) is 0 Å². The number of hydrogen-bond donors (Lipinski definition) is 2. The van der Waals surface area contributed by atoms with Gasteiger partial charge in [-0.3, -0.25) is 4.79 Å². The summed E-state index contributed by atoms with van der Waals surface area (Å²) in [5, 5.41) is 12.1. The van der Waals surface area contributed by atoms with Crippen LogP contribution < -0.4 is 5.32 Å². The number of nitrogens with one attached hydrogen (secondary N) is 1. The highest BCUT2D eigenvalue weighted by molar-refractivity contribution is 5.73. The van der Waals surface area contributed by atoms with Gasteiger partial charge < -0.3 is 20.1 Å². The molecule has 0 aromatic carbocycles. The van der Waals surface area contributed by atoms with Crippen molar-refractivity contribution in [2.45, 2.75) is 45.3 Å². The molecule has 0 bridgehead atoms. The molecule has 0 aromatic heterocycles. The number of likely N-dealkylation sites (N-methyl/N-ethyl adjacent to an activating group) is 1. The molecule has 0 aromatic rings. The zero-order valence-corrected chi connectivity index (χ0v) is 11.6. The minimum Gasteiger partial charge on any atom is -0.480 e. The summed E-state index contributed by atoms with van der Waals surface area (Å²) in [5.74, 6) is -0.786. The van der Waals surface area contributed by atoms with Crippen molar-refractivity contribution >= 4 is 5.97 Å². The third-order valence-corrected chi connectivity index (χ3v) is 2.76. The van der Waals surface area contributed by atoms with Gasteiger partial charge in [-0.25, -0.2) is 0 Å². The molecule has 0 fully saturated rings. The Morgan fingerprint density at radius 1 is 1.41 bits per heavy atom. The fraction of sp³-hybridized carbons (Fsp3) is 0.917. The monoisotopic (exact) mass is 246 g/mol. The van der Waals surface area contributed by atoms with Gasteiger partial charge in [0.1, 0.15) is 6.04 Å². The normalized spacial score (nSPS) is 15.2. The molecule has 0 saturated heterocycles. The number of carboxylic acids is 1. The maximum atomic E-state index is 11.0. The molecular formula is C12H26N2O3. The Balaban J connectivity index is 4.07.